The zero-order valence-electron chi connectivity index (χ0n) is 11.7. The number of aromatic nitrogens is 2. The lowest BCUT2D eigenvalue weighted by Crippen LogP contribution is -2.13. The second-order valence-electron chi connectivity index (χ2n) is 4.47. The van der Waals surface area contributed by atoms with Crippen LogP contribution in [0.1, 0.15) is 23.7 Å². The van der Waals surface area contributed by atoms with Gasteiger partial charge in [-0.05, 0) is 31.2 Å². The van der Waals surface area contributed by atoms with Gasteiger partial charge in [0.25, 0.3) is 0 Å². The Balaban J connectivity index is 1.98. The average Bonchev–Trinajstić information content (AvgIpc) is 3.01. The van der Waals surface area contributed by atoms with E-state index in [9.17, 15) is 4.79 Å². The van der Waals surface area contributed by atoms with Crippen molar-refractivity contribution >= 4 is 5.97 Å². The van der Waals surface area contributed by atoms with E-state index in [4.69, 9.17) is 9.47 Å². The van der Waals surface area contributed by atoms with Crippen molar-refractivity contribution in [1.82, 2.24) is 9.78 Å². The van der Waals surface area contributed by atoms with Gasteiger partial charge in [0, 0.05) is 25.9 Å². The average molecular weight is 274 g/mol. The van der Waals surface area contributed by atoms with E-state index in [2.05, 4.69) is 5.10 Å². The van der Waals surface area contributed by atoms with Crippen LogP contribution in [0.25, 0.3) is 5.69 Å². The quantitative estimate of drug-likeness (QED) is 0.759. The number of benzene rings is 1. The molecule has 2 aromatic rings. The van der Waals surface area contributed by atoms with Crippen LogP contribution in [0, 0.1) is 0 Å². The van der Waals surface area contributed by atoms with Crippen molar-refractivity contribution in [2.24, 2.45) is 0 Å². The molecule has 0 aliphatic carbocycles. The first-order chi connectivity index (χ1) is 9.70. The van der Waals surface area contributed by atoms with Gasteiger partial charge in [-0.15, -0.1) is 0 Å². The smallest absolute Gasteiger partial charge is 0.338 e. The van der Waals surface area contributed by atoms with Crippen molar-refractivity contribution in [1.29, 1.82) is 0 Å². The Morgan fingerprint density at radius 2 is 2.25 bits per heavy atom. The van der Waals surface area contributed by atoms with Crippen LogP contribution in [0.5, 0.6) is 0 Å². The first-order valence-electron chi connectivity index (χ1n) is 6.50. The number of methoxy groups -OCH3 is 1. The Morgan fingerprint density at radius 1 is 1.40 bits per heavy atom. The van der Waals surface area contributed by atoms with Gasteiger partial charge in [-0.1, -0.05) is 6.07 Å². The molecule has 0 aliphatic heterocycles. The lowest BCUT2D eigenvalue weighted by molar-refractivity contribution is 0.0391. The predicted octanol–water partition coefficient (Wildman–Crippen LogP) is 2.45. The summed E-state index contributed by atoms with van der Waals surface area (Å²) >= 11 is 0. The minimum atomic E-state index is -0.331. The van der Waals surface area contributed by atoms with Crippen molar-refractivity contribution in [3.8, 4) is 5.69 Å². The Hall–Kier alpha value is -2.14. The number of hydrogen-bond donors (Lipinski definition) is 0. The topological polar surface area (TPSA) is 53.4 Å². The van der Waals surface area contributed by atoms with Crippen LogP contribution in [-0.2, 0) is 9.47 Å². The number of carbonyl (C=O) groups excluding carboxylic acids is 1. The van der Waals surface area contributed by atoms with E-state index in [1.807, 2.05) is 31.3 Å². The summed E-state index contributed by atoms with van der Waals surface area (Å²) in [5.74, 6) is -0.331. The molecule has 0 aliphatic rings. The minimum absolute atomic E-state index is 0.0817. The molecular formula is C15H18N2O3. The fraction of sp³-hybridized carbons (Fsp3) is 0.333. The fourth-order valence-corrected chi connectivity index (χ4v) is 1.72. The summed E-state index contributed by atoms with van der Waals surface area (Å²) in [6.45, 7) is 2.28. The molecule has 0 saturated carbocycles. The molecule has 1 aromatic carbocycles. The van der Waals surface area contributed by atoms with Gasteiger partial charge in [-0.25, -0.2) is 9.48 Å². The summed E-state index contributed by atoms with van der Waals surface area (Å²) in [5.41, 5.74) is 1.35. The lowest BCUT2D eigenvalue weighted by Gasteiger charge is -2.10. The highest BCUT2D eigenvalue weighted by atomic mass is 16.5. The number of carbonyl (C=O) groups is 1. The second kappa shape index (κ2) is 6.86. The van der Waals surface area contributed by atoms with Crippen LogP contribution in [-0.4, -0.2) is 35.6 Å². The Kier molecular flexibility index (Phi) is 4.90. The van der Waals surface area contributed by atoms with E-state index in [1.54, 1.807) is 30.1 Å². The number of rotatable bonds is 6. The highest BCUT2D eigenvalue weighted by Crippen LogP contribution is 2.11. The molecule has 5 heteroatoms. The molecule has 1 heterocycles. The maximum Gasteiger partial charge on any atom is 0.338 e. The van der Waals surface area contributed by atoms with Gasteiger partial charge >= 0.3 is 5.97 Å². The molecule has 0 bridgehead atoms. The third-order valence-corrected chi connectivity index (χ3v) is 3.01. The van der Waals surface area contributed by atoms with Gasteiger partial charge in [-0.2, -0.15) is 5.10 Å². The van der Waals surface area contributed by atoms with Crippen LogP contribution < -0.4 is 0 Å². The van der Waals surface area contributed by atoms with Gasteiger partial charge in [-0.3, -0.25) is 0 Å². The van der Waals surface area contributed by atoms with Crippen LogP contribution in [0.2, 0.25) is 0 Å². The standard InChI is InChI=1S/C15H18N2O3/c1-12(19-2)7-10-20-15(18)13-5-3-6-14(11-13)17-9-4-8-16-17/h3-6,8-9,11-12H,7,10H2,1-2H3/t12-/m0/s1. The van der Waals surface area contributed by atoms with Gasteiger partial charge < -0.3 is 9.47 Å². The molecule has 1 atom stereocenters. The third kappa shape index (κ3) is 3.68. The van der Waals surface area contributed by atoms with Crippen molar-refractivity contribution in [2.45, 2.75) is 19.4 Å². The molecular weight excluding hydrogens is 256 g/mol. The molecule has 0 unspecified atom stereocenters. The molecule has 1 aromatic heterocycles. The molecule has 0 saturated heterocycles. The monoisotopic (exact) mass is 274 g/mol. The molecule has 0 fully saturated rings. The highest BCUT2D eigenvalue weighted by Gasteiger charge is 2.09. The van der Waals surface area contributed by atoms with Crippen molar-refractivity contribution < 1.29 is 14.3 Å². The van der Waals surface area contributed by atoms with E-state index in [-0.39, 0.29) is 12.1 Å². The predicted molar refractivity (Wildman–Crippen MR) is 74.9 cm³/mol. The number of esters is 1. The highest BCUT2D eigenvalue weighted by molar-refractivity contribution is 5.90. The zero-order valence-corrected chi connectivity index (χ0v) is 11.7. The molecule has 0 amide bonds. The third-order valence-electron chi connectivity index (χ3n) is 3.01. The van der Waals surface area contributed by atoms with Crippen molar-refractivity contribution in [3.05, 3.63) is 48.3 Å². The normalized spacial score (nSPS) is 12.1. The van der Waals surface area contributed by atoms with Crippen LogP contribution >= 0.6 is 0 Å². The second-order valence-corrected chi connectivity index (χ2v) is 4.47. The van der Waals surface area contributed by atoms with E-state index in [0.29, 0.717) is 18.6 Å². The van der Waals surface area contributed by atoms with Gasteiger partial charge in [0.2, 0.25) is 0 Å². The van der Waals surface area contributed by atoms with Crippen molar-refractivity contribution in [3.63, 3.8) is 0 Å². The summed E-state index contributed by atoms with van der Waals surface area (Å²) in [4.78, 5) is 11.9. The first kappa shape index (κ1) is 14.3. The fourth-order valence-electron chi connectivity index (χ4n) is 1.72. The largest absolute Gasteiger partial charge is 0.462 e. The molecule has 5 nitrogen and oxygen atoms in total. The Morgan fingerprint density at radius 3 is 2.95 bits per heavy atom. The number of ether oxygens (including phenoxy) is 2. The van der Waals surface area contributed by atoms with Crippen LogP contribution in [0.3, 0.4) is 0 Å². The molecule has 106 valence electrons. The summed E-state index contributed by atoms with van der Waals surface area (Å²) in [6, 6.07) is 9.02. The van der Waals surface area contributed by atoms with E-state index in [0.717, 1.165) is 5.69 Å². The molecule has 0 radical (unpaired) electrons. The molecule has 2 rings (SSSR count). The Bertz CT molecular complexity index is 552. The van der Waals surface area contributed by atoms with Gasteiger partial charge in [0.1, 0.15) is 0 Å². The summed E-state index contributed by atoms with van der Waals surface area (Å²) in [6.07, 6.45) is 4.28. The van der Waals surface area contributed by atoms with E-state index in [1.165, 1.54) is 0 Å². The minimum Gasteiger partial charge on any atom is -0.462 e. The van der Waals surface area contributed by atoms with Crippen LogP contribution in [0.4, 0.5) is 0 Å². The molecule has 0 spiro atoms. The zero-order chi connectivity index (χ0) is 14.4. The molecule has 20 heavy (non-hydrogen) atoms. The van der Waals surface area contributed by atoms with Crippen molar-refractivity contribution in [2.75, 3.05) is 13.7 Å². The molecule has 0 N–H and O–H groups in total. The maximum atomic E-state index is 11.9. The lowest BCUT2D eigenvalue weighted by atomic mass is 10.2. The first-order valence-corrected chi connectivity index (χ1v) is 6.50. The summed E-state index contributed by atoms with van der Waals surface area (Å²) in [5, 5.41) is 4.13. The van der Waals surface area contributed by atoms with Gasteiger partial charge in [0.15, 0.2) is 0 Å². The maximum absolute atomic E-state index is 11.9. The van der Waals surface area contributed by atoms with E-state index >= 15 is 0 Å². The van der Waals surface area contributed by atoms with E-state index < -0.39 is 0 Å². The SMILES string of the molecule is CO[C@@H](C)CCOC(=O)c1cccc(-n2cccn2)c1. The Labute approximate surface area is 118 Å². The summed E-state index contributed by atoms with van der Waals surface area (Å²) < 4.78 is 12.0. The number of hydrogen-bond acceptors (Lipinski definition) is 4. The van der Waals surface area contributed by atoms with Gasteiger partial charge in [0.05, 0.1) is 24.0 Å². The van der Waals surface area contributed by atoms with Crippen LogP contribution in [0.15, 0.2) is 42.7 Å². The summed E-state index contributed by atoms with van der Waals surface area (Å²) in [7, 11) is 1.64. The number of nitrogens with zero attached hydrogens (tertiary/aromatic N) is 2.